The molecule has 0 saturated carbocycles. The summed E-state index contributed by atoms with van der Waals surface area (Å²) in [6, 6.07) is 10.5. The predicted molar refractivity (Wildman–Crippen MR) is 93.6 cm³/mol. The van der Waals surface area contributed by atoms with Gasteiger partial charge in [-0.15, -0.1) is 5.10 Å². The predicted octanol–water partition coefficient (Wildman–Crippen LogP) is 4.91. The summed E-state index contributed by atoms with van der Waals surface area (Å²) in [6.45, 7) is 3.96. The molecule has 3 rings (SSSR count). The molecule has 0 aliphatic carbocycles. The Hall–Kier alpha value is -2.37. The van der Waals surface area contributed by atoms with Crippen LogP contribution in [0.15, 0.2) is 40.8 Å². The fourth-order valence-electron chi connectivity index (χ4n) is 2.27. The van der Waals surface area contributed by atoms with Crippen molar-refractivity contribution in [3.05, 3.63) is 63.1 Å². The Morgan fingerprint density at radius 1 is 1.08 bits per heavy atom. The van der Waals surface area contributed by atoms with Crippen LogP contribution in [0.5, 0.6) is 0 Å². The lowest BCUT2D eigenvalue weighted by atomic mass is 10.1. The fraction of sp³-hybridized carbons (Fsp3) is 0.118. The van der Waals surface area contributed by atoms with Crippen LogP contribution in [0.3, 0.4) is 0 Å². The largest absolute Gasteiger partial charge is 0.403 e. The number of aromatic nitrogens is 2. The van der Waals surface area contributed by atoms with Gasteiger partial charge in [-0.25, -0.2) is 0 Å². The fourth-order valence-corrected chi connectivity index (χ4v) is 2.65. The Labute approximate surface area is 148 Å². The third-order valence-corrected chi connectivity index (χ3v) is 4.00. The van der Waals surface area contributed by atoms with Crippen LogP contribution in [0.4, 0.5) is 6.01 Å². The summed E-state index contributed by atoms with van der Waals surface area (Å²) >= 11 is 11.9. The summed E-state index contributed by atoms with van der Waals surface area (Å²) in [5.74, 6) is -0.140. The highest BCUT2D eigenvalue weighted by atomic mass is 35.5. The van der Waals surface area contributed by atoms with Gasteiger partial charge in [-0.1, -0.05) is 46.0 Å². The number of amides is 1. The third-order valence-electron chi connectivity index (χ3n) is 3.43. The van der Waals surface area contributed by atoms with Gasteiger partial charge in [0.05, 0.1) is 10.6 Å². The van der Waals surface area contributed by atoms with Crippen LogP contribution in [-0.2, 0) is 0 Å². The minimum absolute atomic E-state index is 0.00832. The quantitative estimate of drug-likeness (QED) is 0.719. The molecular weight excluding hydrogens is 349 g/mol. The van der Waals surface area contributed by atoms with Crippen LogP contribution in [0.2, 0.25) is 10.0 Å². The summed E-state index contributed by atoms with van der Waals surface area (Å²) in [7, 11) is 0. The van der Waals surface area contributed by atoms with Gasteiger partial charge in [0.1, 0.15) is 0 Å². The number of nitrogens with zero attached hydrogens (tertiary/aromatic N) is 2. The van der Waals surface area contributed by atoms with Crippen molar-refractivity contribution in [2.24, 2.45) is 0 Å². The monoisotopic (exact) mass is 361 g/mol. The van der Waals surface area contributed by atoms with Gasteiger partial charge in [0, 0.05) is 10.6 Å². The summed E-state index contributed by atoms with van der Waals surface area (Å²) < 4.78 is 5.52. The molecule has 0 radical (unpaired) electrons. The van der Waals surface area contributed by atoms with E-state index in [9.17, 15) is 4.79 Å². The second-order valence-corrected chi connectivity index (χ2v) is 6.15. The Bertz CT molecular complexity index is 922. The minimum atomic E-state index is -0.474. The van der Waals surface area contributed by atoms with E-state index >= 15 is 0 Å². The van der Waals surface area contributed by atoms with Gasteiger partial charge >= 0.3 is 6.01 Å². The maximum absolute atomic E-state index is 12.3. The van der Waals surface area contributed by atoms with Crippen LogP contribution in [-0.4, -0.2) is 16.1 Å². The molecule has 0 saturated heterocycles. The Morgan fingerprint density at radius 2 is 1.88 bits per heavy atom. The molecule has 1 N–H and O–H groups in total. The summed E-state index contributed by atoms with van der Waals surface area (Å²) in [5.41, 5.74) is 3.19. The standard InChI is InChI=1S/C17H13Cl2N3O2/c1-9-3-5-12(10(2)7-9)16-21-22-17(24-16)20-15(23)13-8-11(18)4-6-14(13)19/h3-8H,1-2H3,(H,20,22,23). The van der Waals surface area contributed by atoms with Crippen molar-refractivity contribution in [1.29, 1.82) is 0 Å². The smallest absolute Gasteiger partial charge is 0.322 e. The van der Waals surface area contributed by atoms with E-state index in [1.54, 1.807) is 12.1 Å². The molecule has 7 heteroatoms. The van der Waals surface area contributed by atoms with Gasteiger partial charge in [-0.2, -0.15) is 0 Å². The minimum Gasteiger partial charge on any atom is -0.403 e. The zero-order valence-corrected chi connectivity index (χ0v) is 14.4. The zero-order valence-electron chi connectivity index (χ0n) is 12.9. The average Bonchev–Trinajstić information content (AvgIpc) is 2.97. The van der Waals surface area contributed by atoms with Crippen LogP contribution in [0.1, 0.15) is 21.5 Å². The van der Waals surface area contributed by atoms with Gasteiger partial charge in [0.15, 0.2) is 0 Å². The van der Waals surface area contributed by atoms with E-state index in [1.165, 1.54) is 6.07 Å². The van der Waals surface area contributed by atoms with Gasteiger partial charge in [-0.05, 0) is 43.7 Å². The van der Waals surface area contributed by atoms with Crippen molar-refractivity contribution in [2.45, 2.75) is 13.8 Å². The molecule has 5 nitrogen and oxygen atoms in total. The molecule has 0 spiro atoms. The second-order valence-electron chi connectivity index (χ2n) is 5.31. The molecule has 0 aliphatic rings. The van der Waals surface area contributed by atoms with Crippen LogP contribution >= 0.6 is 23.2 Å². The summed E-state index contributed by atoms with van der Waals surface area (Å²) in [6.07, 6.45) is 0. The first kappa shape index (κ1) is 16.5. The van der Waals surface area contributed by atoms with Gasteiger partial charge in [-0.3, -0.25) is 10.1 Å². The lowest BCUT2D eigenvalue weighted by Crippen LogP contribution is -2.12. The van der Waals surface area contributed by atoms with E-state index in [1.807, 2.05) is 32.0 Å². The number of rotatable bonds is 3. The normalized spacial score (nSPS) is 10.7. The van der Waals surface area contributed by atoms with E-state index in [0.29, 0.717) is 10.9 Å². The molecule has 2 aromatic carbocycles. The SMILES string of the molecule is Cc1ccc(-c2nnc(NC(=O)c3cc(Cl)ccc3Cl)o2)c(C)c1. The number of anilines is 1. The molecule has 0 bridgehead atoms. The second kappa shape index (κ2) is 6.63. The van der Waals surface area contributed by atoms with Crippen molar-refractivity contribution in [3.63, 3.8) is 0 Å². The number of aryl methyl sites for hydroxylation is 2. The van der Waals surface area contributed by atoms with Crippen LogP contribution in [0.25, 0.3) is 11.5 Å². The lowest BCUT2D eigenvalue weighted by Gasteiger charge is -2.04. The first-order chi connectivity index (χ1) is 11.4. The van der Waals surface area contributed by atoms with Crippen molar-refractivity contribution >= 4 is 35.1 Å². The van der Waals surface area contributed by atoms with Crippen molar-refractivity contribution < 1.29 is 9.21 Å². The van der Waals surface area contributed by atoms with Crippen molar-refractivity contribution in [1.82, 2.24) is 10.2 Å². The van der Waals surface area contributed by atoms with E-state index < -0.39 is 5.91 Å². The van der Waals surface area contributed by atoms with E-state index in [2.05, 4.69) is 15.5 Å². The molecule has 1 aromatic heterocycles. The molecule has 1 amide bonds. The maximum atomic E-state index is 12.3. The molecule has 0 aliphatic heterocycles. The number of benzene rings is 2. The Morgan fingerprint density at radius 3 is 2.62 bits per heavy atom. The highest BCUT2D eigenvalue weighted by Gasteiger charge is 2.16. The van der Waals surface area contributed by atoms with Crippen molar-refractivity contribution in [2.75, 3.05) is 5.32 Å². The topological polar surface area (TPSA) is 68.0 Å². The average molecular weight is 362 g/mol. The molecule has 1 heterocycles. The number of hydrogen-bond donors (Lipinski definition) is 1. The zero-order chi connectivity index (χ0) is 17.3. The van der Waals surface area contributed by atoms with Gasteiger partial charge in [0.25, 0.3) is 5.91 Å². The number of carbonyl (C=O) groups is 1. The van der Waals surface area contributed by atoms with Crippen LogP contribution < -0.4 is 5.32 Å². The van der Waals surface area contributed by atoms with Crippen LogP contribution in [0, 0.1) is 13.8 Å². The van der Waals surface area contributed by atoms with Crippen molar-refractivity contribution in [3.8, 4) is 11.5 Å². The molecule has 0 fully saturated rings. The number of nitrogens with one attached hydrogen (secondary N) is 1. The van der Waals surface area contributed by atoms with E-state index in [4.69, 9.17) is 27.6 Å². The Balaban J connectivity index is 1.83. The highest BCUT2D eigenvalue weighted by Crippen LogP contribution is 2.25. The van der Waals surface area contributed by atoms with Gasteiger partial charge < -0.3 is 4.42 Å². The number of carbonyl (C=O) groups excluding carboxylic acids is 1. The number of halogens is 2. The first-order valence-corrected chi connectivity index (χ1v) is 7.87. The highest BCUT2D eigenvalue weighted by molar-refractivity contribution is 6.36. The number of hydrogen-bond acceptors (Lipinski definition) is 4. The summed E-state index contributed by atoms with van der Waals surface area (Å²) in [4.78, 5) is 12.3. The third kappa shape index (κ3) is 3.42. The Kier molecular flexibility index (Phi) is 4.55. The molecule has 3 aromatic rings. The first-order valence-electron chi connectivity index (χ1n) is 7.11. The molecular formula is C17H13Cl2N3O2. The molecule has 24 heavy (non-hydrogen) atoms. The molecule has 122 valence electrons. The molecule has 0 atom stereocenters. The van der Waals surface area contributed by atoms with Gasteiger partial charge in [0.2, 0.25) is 5.89 Å². The van der Waals surface area contributed by atoms with E-state index in [-0.39, 0.29) is 16.6 Å². The molecule has 0 unspecified atom stereocenters. The maximum Gasteiger partial charge on any atom is 0.322 e. The summed E-state index contributed by atoms with van der Waals surface area (Å²) in [5, 5.41) is 11.0. The van der Waals surface area contributed by atoms with E-state index in [0.717, 1.165) is 16.7 Å². The lowest BCUT2D eigenvalue weighted by molar-refractivity contribution is 0.102.